The maximum absolute atomic E-state index is 5.87. The Morgan fingerprint density at radius 3 is 3.00 bits per heavy atom. The summed E-state index contributed by atoms with van der Waals surface area (Å²) in [6.45, 7) is 3.65. The predicted octanol–water partition coefficient (Wildman–Crippen LogP) is 2.05. The fraction of sp³-hybridized carbons (Fsp3) is 0.300. The van der Waals surface area contributed by atoms with Crippen molar-refractivity contribution in [3.8, 4) is 0 Å². The highest BCUT2D eigenvalue weighted by Gasteiger charge is 2.03. The van der Waals surface area contributed by atoms with Crippen molar-refractivity contribution in [3.63, 3.8) is 0 Å². The van der Waals surface area contributed by atoms with E-state index in [2.05, 4.69) is 11.6 Å². The zero-order valence-electron chi connectivity index (χ0n) is 7.11. The molecular weight excluding hydrogens is 148 g/mol. The molecule has 2 nitrogen and oxygen atoms in total. The van der Waals surface area contributed by atoms with E-state index in [0.717, 1.165) is 18.5 Å². The summed E-state index contributed by atoms with van der Waals surface area (Å²) in [4.78, 5) is 4.17. The lowest BCUT2D eigenvalue weighted by molar-refractivity contribution is 0.642. The van der Waals surface area contributed by atoms with Crippen molar-refractivity contribution in [2.24, 2.45) is 5.73 Å². The fourth-order valence-electron chi connectivity index (χ4n) is 1.04. The molecule has 0 aromatic carbocycles. The Labute approximate surface area is 73.1 Å². The SMILES string of the molecule is C=CCC[C@H](N)c1ccccn1. The number of pyridine rings is 1. The molecule has 12 heavy (non-hydrogen) atoms. The summed E-state index contributed by atoms with van der Waals surface area (Å²) in [6, 6.07) is 5.84. The van der Waals surface area contributed by atoms with Crippen molar-refractivity contribution in [2.45, 2.75) is 18.9 Å². The van der Waals surface area contributed by atoms with Crippen LogP contribution < -0.4 is 5.73 Å². The van der Waals surface area contributed by atoms with E-state index in [1.54, 1.807) is 6.20 Å². The number of rotatable bonds is 4. The maximum atomic E-state index is 5.87. The van der Waals surface area contributed by atoms with E-state index >= 15 is 0 Å². The van der Waals surface area contributed by atoms with Gasteiger partial charge in [-0.25, -0.2) is 0 Å². The fourth-order valence-corrected chi connectivity index (χ4v) is 1.04. The van der Waals surface area contributed by atoms with Gasteiger partial charge in [0.2, 0.25) is 0 Å². The molecule has 0 unspecified atom stereocenters. The molecule has 1 aromatic heterocycles. The van der Waals surface area contributed by atoms with E-state index in [1.165, 1.54) is 0 Å². The van der Waals surface area contributed by atoms with Gasteiger partial charge in [0.15, 0.2) is 0 Å². The van der Waals surface area contributed by atoms with E-state index in [9.17, 15) is 0 Å². The van der Waals surface area contributed by atoms with E-state index in [1.807, 2.05) is 24.3 Å². The molecule has 0 aliphatic heterocycles. The minimum Gasteiger partial charge on any atom is -0.323 e. The monoisotopic (exact) mass is 162 g/mol. The molecule has 0 saturated carbocycles. The van der Waals surface area contributed by atoms with Gasteiger partial charge in [-0.05, 0) is 25.0 Å². The van der Waals surface area contributed by atoms with Crippen molar-refractivity contribution < 1.29 is 0 Å². The third kappa shape index (κ3) is 2.47. The van der Waals surface area contributed by atoms with Crippen LogP contribution in [0.2, 0.25) is 0 Å². The topological polar surface area (TPSA) is 38.9 Å². The lowest BCUT2D eigenvalue weighted by Gasteiger charge is -2.08. The number of hydrogen-bond donors (Lipinski definition) is 1. The summed E-state index contributed by atoms with van der Waals surface area (Å²) >= 11 is 0. The Morgan fingerprint density at radius 2 is 2.42 bits per heavy atom. The lowest BCUT2D eigenvalue weighted by atomic mass is 10.1. The zero-order chi connectivity index (χ0) is 8.81. The average molecular weight is 162 g/mol. The summed E-state index contributed by atoms with van der Waals surface area (Å²) in [5.41, 5.74) is 6.83. The minimum absolute atomic E-state index is 0.0456. The quantitative estimate of drug-likeness (QED) is 0.688. The van der Waals surface area contributed by atoms with Gasteiger partial charge in [-0.1, -0.05) is 12.1 Å². The Morgan fingerprint density at radius 1 is 1.58 bits per heavy atom. The number of nitrogens with two attached hydrogens (primary N) is 1. The van der Waals surface area contributed by atoms with Crippen LogP contribution in [0.5, 0.6) is 0 Å². The standard InChI is InChI=1S/C10H14N2/c1-2-3-6-9(11)10-7-4-5-8-12-10/h2,4-5,7-9H,1,3,6,11H2/t9-/m0/s1. The summed E-state index contributed by atoms with van der Waals surface area (Å²) in [5, 5.41) is 0. The number of aromatic nitrogens is 1. The van der Waals surface area contributed by atoms with Crippen molar-refractivity contribution >= 4 is 0 Å². The molecule has 2 heteroatoms. The average Bonchev–Trinajstić information content (AvgIpc) is 2.15. The van der Waals surface area contributed by atoms with Crippen LogP contribution in [0.25, 0.3) is 0 Å². The van der Waals surface area contributed by atoms with E-state index in [4.69, 9.17) is 5.73 Å². The molecule has 1 atom stereocenters. The molecule has 0 aliphatic rings. The summed E-state index contributed by atoms with van der Waals surface area (Å²) < 4.78 is 0. The molecule has 1 aromatic rings. The van der Waals surface area contributed by atoms with Crippen LogP contribution in [0.3, 0.4) is 0 Å². The van der Waals surface area contributed by atoms with E-state index < -0.39 is 0 Å². The molecule has 1 heterocycles. The second-order valence-electron chi connectivity index (χ2n) is 2.73. The molecular formula is C10H14N2. The molecule has 0 spiro atoms. The first kappa shape index (κ1) is 8.94. The Balaban J connectivity index is 2.53. The van der Waals surface area contributed by atoms with Gasteiger partial charge in [-0.3, -0.25) is 4.98 Å². The summed E-state index contributed by atoms with van der Waals surface area (Å²) in [6.07, 6.45) is 5.50. The Hall–Kier alpha value is -1.15. The van der Waals surface area contributed by atoms with Crippen LogP contribution in [0.4, 0.5) is 0 Å². The summed E-state index contributed by atoms with van der Waals surface area (Å²) in [7, 11) is 0. The molecule has 0 radical (unpaired) electrons. The molecule has 1 rings (SSSR count). The molecule has 0 bridgehead atoms. The van der Waals surface area contributed by atoms with Crippen LogP contribution in [-0.2, 0) is 0 Å². The Bertz CT molecular complexity index is 231. The van der Waals surface area contributed by atoms with Gasteiger partial charge in [0, 0.05) is 12.2 Å². The predicted molar refractivity (Wildman–Crippen MR) is 50.6 cm³/mol. The highest BCUT2D eigenvalue weighted by Crippen LogP contribution is 2.12. The third-order valence-corrected chi connectivity index (χ3v) is 1.75. The van der Waals surface area contributed by atoms with Gasteiger partial charge in [-0.2, -0.15) is 0 Å². The zero-order valence-corrected chi connectivity index (χ0v) is 7.11. The summed E-state index contributed by atoms with van der Waals surface area (Å²) in [5.74, 6) is 0. The van der Waals surface area contributed by atoms with Crippen LogP contribution in [0.15, 0.2) is 37.1 Å². The van der Waals surface area contributed by atoms with Gasteiger partial charge in [0.05, 0.1) is 5.69 Å². The van der Waals surface area contributed by atoms with Gasteiger partial charge in [-0.15, -0.1) is 6.58 Å². The molecule has 2 N–H and O–H groups in total. The van der Waals surface area contributed by atoms with Crippen LogP contribution in [0.1, 0.15) is 24.6 Å². The van der Waals surface area contributed by atoms with Crippen molar-refractivity contribution in [2.75, 3.05) is 0 Å². The number of hydrogen-bond acceptors (Lipinski definition) is 2. The maximum Gasteiger partial charge on any atom is 0.0571 e. The first-order valence-electron chi connectivity index (χ1n) is 4.12. The lowest BCUT2D eigenvalue weighted by Crippen LogP contribution is -2.11. The smallest absolute Gasteiger partial charge is 0.0571 e. The van der Waals surface area contributed by atoms with Crippen LogP contribution >= 0.6 is 0 Å². The molecule has 0 aliphatic carbocycles. The minimum atomic E-state index is 0.0456. The first-order valence-corrected chi connectivity index (χ1v) is 4.12. The van der Waals surface area contributed by atoms with Crippen molar-refractivity contribution in [1.82, 2.24) is 4.98 Å². The highest BCUT2D eigenvalue weighted by molar-refractivity contribution is 5.07. The second kappa shape index (κ2) is 4.67. The molecule has 0 fully saturated rings. The number of allylic oxidation sites excluding steroid dienone is 1. The van der Waals surface area contributed by atoms with Gasteiger partial charge < -0.3 is 5.73 Å². The van der Waals surface area contributed by atoms with Gasteiger partial charge >= 0.3 is 0 Å². The first-order chi connectivity index (χ1) is 5.84. The van der Waals surface area contributed by atoms with Crippen molar-refractivity contribution in [3.05, 3.63) is 42.7 Å². The van der Waals surface area contributed by atoms with Crippen LogP contribution in [0, 0.1) is 0 Å². The second-order valence-corrected chi connectivity index (χ2v) is 2.73. The third-order valence-electron chi connectivity index (χ3n) is 1.75. The van der Waals surface area contributed by atoms with Crippen LogP contribution in [-0.4, -0.2) is 4.98 Å². The Kier molecular flexibility index (Phi) is 3.48. The highest BCUT2D eigenvalue weighted by atomic mass is 14.8. The molecule has 64 valence electrons. The largest absolute Gasteiger partial charge is 0.323 e. The molecule has 0 amide bonds. The van der Waals surface area contributed by atoms with Gasteiger partial charge in [0.25, 0.3) is 0 Å². The van der Waals surface area contributed by atoms with E-state index in [-0.39, 0.29) is 6.04 Å². The van der Waals surface area contributed by atoms with Gasteiger partial charge in [0.1, 0.15) is 0 Å². The van der Waals surface area contributed by atoms with Crippen molar-refractivity contribution in [1.29, 1.82) is 0 Å². The molecule has 0 saturated heterocycles. The normalized spacial score (nSPS) is 12.4. The number of nitrogens with zero attached hydrogens (tertiary/aromatic N) is 1. The van der Waals surface area contributed by atoms with E-state index in [0.29, 0.717) is 0 Å².